The summed E-state index contributed by atoms with van der Waals surface area (Å²) in [4.78, 5) is 16.8. The van der Waals surface area contributed by atoms with Gasteiger partial charge in [-0.3, -0.25) is 4.57 Å². The van der Waals surface area contributed by atoms with Crippen LogP contribution in [0.15, 0.2) is 28.0 Å². The Morgan fingerprint density at radius 1 is 1.32 bits per heavy atom. The summed E-state index contributed by atoms with van der Waals surface area (Å²) in [6.45, 7) is 6.91. The fourth-order valence-electron chi connectivity index (χ4n) is 3.28. The molecule has 152 valence electrons. The monoisotopic (exact) mass is 388 g/mol. The van der Waals surface area contributed by atoms with Crippen LogP contribution in [0.25, 0.3) is 0 Å². The molecule has 1 aromatic carbocycles. The minimum Gasteiger partial charge on any atom is -0.357 e. The lowest BCUT2D eigenvalue weighted by Gasteiger charge is -2.11. The van der Waals surface area contributed by atoms with Crippen molar-refractivity contribution in [3.05, 3.63) is 51.5 Å². The van der Waals surface area contributed by atoms with Crippen molar-refractivity contribution in [1.82, 2.24) is 25.0 Å². The summed E-state index contributed by atoms with van der Waals surface area (Å²) < 4.78 is 17.0. The summed E-state index contributed by atoms with van der Waals surface area (Å²) in [7, 11) is 0. The summed E-state index contributed by atoms with van der Waals surface area (Å²) in [6.07, 6.45) is 3.80. The third-order valence-corrected chi connectivity index (χ3v) is 4.87. The average Bonchev–Trinajstić information content (AvgIpc) is 3.02. The molecule has 0 aliphatic carbocycles. The largest absolute Gasteiger partial charge is 0.357 e. The number of aliphatic imine (C=N–C) groups is 1. The minimum atomic E-state index is -0.209. The molecule has 0 fully saturated rings. The predicted octanol–water partition coefficient (Wildman–Crippen LogP) is 1.97. The van der Waals surface area contributed by atoms with Gasteiger partial charge in [0.05, 0.1) is 6.54 Å². The van der Waals surface area contributed by atoms with Crippen LogP contribution in [-0.4, -0.2) is 33.4 Å². The highest BCUT2D eigenvalue weighted by Gasteiger charge is 2.16. The summed E-state index contributed by atoms with van der Waals surface area (Å²) in [6, 6.07) is 5.18. The van der Waals surface area contributed by atoms with E-state index in [2.05, 4.69) is 20.7 Å². The van der Waals surface area contributed by atoms with E-state index in [-0.39, 0.29) is 11.5 Å². The average molecular weight is 388 g/mol. The third-order valence-electron chi connectivity index (χ3n) is 4.87. The van der Waals surface area contributed by atoms with E-state index in [1.165, 1.54) is 6.07 Å². The van der Waals surface area contributed by atoms with Crippen LogP contribution in [0, 0.1) is 12.7 Å². The molecule has 1 aliphatic heterocycles. The zero-order valence-electron chi connectivity index (χ0n) is 16.7. The second-order valence-electron chi connectivity index (χ2n) is 7.09. The van der Waals surface area contributed by atoms with Crippen LogP contribution in [0.3, 0.4) is 0 Å². The first kappa shape index (κ1) is 20.1. The number of aromatic nitrogens is 3. The van der Waals surface area contributed by atoms with Gasteiger partial charge in [0.25, 0.3) is 0 Å². The Bertz CT molecular complexity index is 885. The molecule has 0 atom stereocenters. The first-order chi connectivity index (χ1) is 13.6. The molecule has 0 spiro atoms. The number of hydrogen-bond acceptors (Lipinski definition) is 3. The molecule has 0 amide bonds. The number of fused-ring (bicyclic) bond motifs is 1. The van der Waals surface area contributed by atoms with E-state index in [9.17, 15) is 9.18 Å². The molecule has 0 unspecified atom stereocenters. The van der Waals surface area contributed by atoms with Gasteiger partial charge in [0, 0.05) is 32.6 Å². The lowest BCUT2D eigenvalue weighted by atomic mass is 10.1. The molecule has 0 bridgehead atoms. The Labute approximate surface area is 164 Å². The van der Waals surface area contributed by atoms with Crippen LogP contribution in [0.5, 0.6) is 0 Å². The van der Waals surface area contributed by atoms with Crippen molar-refractivity contribution >= 4 is 5.96 Å². The Hall–Kier alpha value is -2.64. The van der Waals surface area contributed by atoms with E-state index in [0.29, 0.717) is 31.2 Å². The second kappa shape index (κ2) is 9.52. The van der Waals surface area contributed by atoms with E-state index < -0.39 is 0 Å². The maximum Gasteiger partial charge on any atom is 0.345 e. The lowest BCUT2D eigenvalue weighted by molar-refractivity contribution is 0.509. The summed E-state index contributed by atoms with van der Waals surface area (Å²) in [5.41, 5.74) is 1.46. The van der Waals surface area contributed by atoms with E-state index in [1.54, 1.807) is 22.2 Å². The number of nitrogens with zero attached hydrogens (tertiary/aromatic N) is 4. The Morgan fingerprint density at radius 3 is 2.93 bits per heavy atom. The summed E-state index contributed by atoms with van der Waals surface area (Å²) in [5, 5.41) is 10.9. The number of guanidine groups is 1. The number of hydrogen-bond donors (Lipinski definition) is 2. The van der Waals surface area contributed by atoms with E-state index in [0.717, 1.165) is 50.2 Å². The van der Waals surface area contributed by atoms with Crippen molar-refractivity contribution < 1.29 is 4.39 Å². The van der Waals surface area contributed by atoms with Gasteiger partial charge in [-0.1, -0.05) is 12.1 Å². The molecule has 0 radical (unpaired) electrons. The lowest BCUT2D eigenvalue weighted by Crippen LogP contribution is -2.38. The van der Waals surface area contributed by atoms with Crippen LogP contribution < -0.4 is 16.3 Å². The van der Waals surface area contributed by atoms with Crippen molar-refractivity contribution in [2.75, 3.05) is 13.1 Å². The molecule has 1 aromatic heterocycles. The molecule has 0 saturated carbocycles. The number of benzene rings is 1. The SMILES string of the molecule is CCNC(=NCc1ccc(C)c(F)c1)NCCCn1nc2n(c1=O)CCCC2. The van der Waals surface area contributed by atoms with Crippen molar-refractivity contribution in [1.29, 1.82) is 0 Å². The number of aryl methyl sites for hydroxylation is 3. The predicted molar refractivity (Wildman–Crippen MR) is 108 cm³/mol. The molecular formula is C20H29FN6O. The fourth-order valence-corrected chi connectivity index (χ4v) is 3.28. The molecule has 7 nitrogen and oxygen atoms in total. The number of rotatable bonds is 7. The molecule has 8 heteroatoms. The number of nitrogens with one attached hydrogen (secondary N) is 2. The van der Waals surface area contributed by atoms with Crippen LogP contribution in [0.4, 0.5) is 4.39 Å². The topological polar surface area (TPSA) is 76.2 Å². The standard InChI is InChI=1S/C20H29FN6O/c1-3-22-19(24-14-16-9-8-15(2)17(21)13-16)23-10-6-12-27-20(28)26-11-5-4-7-18(26)25-27/h8-9,13H,3-7,10-12,14H2,1-2H3,(H2,22,23,24). The van der Waals surface area contributed by atoms with Crippen molar-refractivity contribution in [2.24, 2.45) is 4.99 Å². The molecule has 2 heterocycles. The van der Waals surface area contributed by atoms with Gasteiger partial charge in [0.15, 0.2) is 5.96 Å². The molecule has 0 saturated heterocycles. The maximum absolute atomic E-state index is 13.7. The van der Waals surface area contributed by atoms with E-state index in [1.807, 2.05) is 13.0 Å². The Kier molecular flexibility index (Phi) is 6.84. The van der Waals surface area contributed by atoms with Crippen LogP contribution in [0.1, 0.15) is 43.1 Å². The molecule has 1 aliphatic rings. The summed E-state index contributed by atoms with van der Waals surface area (Å²) in [5.74, 6) is 1.38. The highest BCUT2D eigenvalue weighted by molar-refractivity contribution is 5.79. The normalized spacial score (nSPS) is 14.0. The van der Waals surface area contributed by atoms with Crippen LogP contribution in [-0.2, 0) is 26.1 Å². The second-order valence-corrected chi connectivity index (χ2v) is 7.09. The van der Waals surface area contributed by atoms with Gasteiger partial charge in [-0.05, 0) is 50.3 Å². The Balaban J connectivity index is 1.51. The van der Waals surface area contributed by atoms with E-state index in [4.69, 9.17) is 0 Å². The van der Waals surface area contributed by atoms with Crippen LogP contribution in [0.2, 0.25) is 0 Å². The molecule has 2 aromatic rings. The molecule has 28 heavy (non-hydrogen) atoms. The van der Waals surface area contributed by atoms with Gasteiger partial charge in [-0.2, -0.15) is 5.10 Å². The van der Waals surface area contributed by atoms with Crippen LogP contribution >= 0.6 is 0 Å². The Morgan fingerprint density at radius 2 is 2.18 bits per heavy atom. The van der Waals surface area contributed by atoms with Gasteiger partial charge in [0.1, 0.15) is 11.6 Å². The first-order valence-corrected chi connectivity index (χ1v) is 10.0. The maximum atomic E-state index is 13.7. The van der Waals surface area contributed by atoms with Crippen molar-refractivity contribution in [3.8, 4) is 0 Å². The molecular weight excluding hydrogens is 359 g/mol. The minimum absolute atomic E-state index is 0.00308. The highest BCUT2D eigenvalue weighted by Crippen LogP contribution is 2.10. The number of halogens is 1. The van der Waals surface area contributed by atoms with Gasteiger partial charge in [0.2, 0.25) is 0 Å². The zero-order valence-corrected chi connectivity index (χ0v) is 16.7. The van der Waals surface area contributed by atoms with E-state index >= 15 is 0 Å². The fraction of sp³-hybridized carbons (Fsp3) is 0.550. The zero-order chi connectivity index (χ0) is 19.9. The molecule has 2 N–H and O–H groups in total. The van der Waals surface area contributed by atoms with Crippen molar-refractivity contribution in [2.45, 2.75) is 59.2 Å². The quantitative estimate of drug-likeness (QED) is 0.432. The first-order valence-electron chi connectivity index (χ1n) is 10.0. The third kappa shape index (κ3) is 4.99. The van der Waals surface area contributed by atoms with Crippen molar-refractivity contribution in [3.63, 3.8) is 0 Å². The smallest absolute Gasteiger partial charge is 0.345 e. The summed E-state index contributed by atoms with van der Waals surface area (Å²) >= 11 is 0. The molecule has 3 rings (SSSR count). The van der Waals surface area contributed by atoms with Gasteiger partial charge >= 0.3 is 5.69 Å². The highest BCUT2D eigenvalue weighted by atomic mass is 19.1. The van der Waals surface area contributed by atoms with Gasteiger partial charge in [-0.25, -0.2) is 18.9 Å². The van der Waals surface area contributed by atoms with Gasteiger partial charge in [-0.15, -0.1) is 0 Å². The van der Waals surface area contributed by atoms with Gasteiger partial charge < -0.3 is 10.6 Å².